The average molecular weight is 372 g/mol. The fraction of sp³-hybridized carbons (Fsp3) is 0.688. The SMILES string of the molecule is O=S1(=O)CCC(CNC(=NCc2cccs2)N2CCC(O)CC2)C1. The molecule has 0 radical (unpaired) electrons. The molecule has 3 rings (SSSR count). The normalized spacial score (nSPS) is 25.1. The summed E-state index contributed by atoms with van der Waals surface area (Å²) in [7, 11) is -2.85. The molecular weight excluding hydrogens is 346 g/mol. The number of hydrogen-bond acceptors (Lipinski definition) is 5. The quantitative estimate of drug-likeness (QED) is 0.611. The predicted molar refractivity (Wildman–Crippen MR) is 97.0 cm³/mol. The maximum atomic E-state index is 11.6. The van der Waals surface area contributed by atoms with Crippen molar-refractivity contribution in [2.75, 3.05) is 31.1 Å². The number of aliphatic imine (C=N–C) groups is 1. The molecule has 2 fully saturated rings. The Morgan fingerprint density at radius 2 is 2.17 bits per heavy atom. The Balaban J connectivity index is 1.61. The van der Waals surface area contributed by atoms with Crippen molar-refractivity contribution in [2.24, 2.45) is 10.9 Å². The summed E-state index contributed by atoms with van der Waals surface area (Å²) in [5.41, 5.74) is 0. The second kappa shape index (κ2) is 7.84. The lowest BCUT2D eigenvalue weighted by atomic mass is 10.1. The first-order valence-corrected chi connectivity index (χ1v) is 11.2. The highest BCUT2D eigenvalue weighted by Gasteiger charge is 2.28. The third kappa shape index (κ3) is 4.94. The van der Waals surface area contributed by atoms with E-state index in [0.29, 0.717) is 18.8 Å². The topological polar surface area (TPSA) is 82.0 Å². The zero-order chi connectivity index (χ0) is 17.0. The van der Waals surface area contributed by atoms with Crippen molar-refractivity contribution in [1.82, 2.24) is 10.2 Å². The molecule has 1 unspecified atom stereocenters. The molecule has 0 spiro atoms. The second-order valence-corrected chi connectivity index (χ2v) is 9.85. The molecule has 2 saturated heterocycles. The van der Waals surface area contributed by atoms with Gasteiger partial charge < -0.3 is 15.3 Å². The number of nitrogens with zero attached hydrogens (tertiary/aromatic N) is 2. The van der Waals surface area contributed by atoms with Gasteiger partial charge in [-0.3, -0.25) is 0 Å². The number of likely N-dealkylation sites (tertiary alicyclic amines) is 1. The van der Waals surface area contributed by atoms with Gasteiger partial charge in [0.05, 0.1) is 24.2 Å². The van der Waals surface area contributed by atoms with E-state index in [2.05, 4.69) is 16.3 Å². The maximum Gasteiger partial charge on any atom is 0.194 e. The van der Waals surface area contributed by atoms with Crippen LogP contribution in [0.1, 0.15) is 24.1 Å². The molecule has 0 bridgehead atoms. The molecule has 2 aliphatic rings. The second-order valence-electron chi connectivity index (χ2n) is 6.59. The first kappa shape index (κ1) is 17.7. The highest BCUT2D eigenvalue weighted by molar-refractivity contribution is 7.91. The Kier molecular flexibility index (Phi) is 5.78. The van der Waals surface area contributed by atoms with Crippen LogP contribution in [0.2, 0.25) is 0 Å². The van der Waals surface area contributed by atoms with E-state index >= 15 is 0 Å². The van der Waals surface area contributed by atoms with Crippen LogP contribution in [0.3, 0.4) is 0 Å². The van der Waals surface area contributed by atoms with E-state index in [-0.39, 0.29) is 17.8 Å². The summed E-state index contributed by atoms with van der Waals surface area (Å²) in [5, 5.41) is 15.1. The Morgan fingerprint density at radius 3 is 2.79 bits per heavy atom. The van der Waals surface area contributed by atoms with Gasteiger partial charge in [0.1, 0.15) is 0 Å². The van der Waals surface area contributed by atoms with Gasteiger partial charge in [-0.05, 0) is 36.6 Å². The molecule has 1 aromatic rings. The van der Waals surface area contributed by atoms with Gasteiger partial charge >= 0.3 is 0 Å². The fourth-order valence-corrected chi connectivity index (χ4v) is 5.66. The van der Waals surface area contributed by atoms with Gasteiger partial charge in [-0.15, -0.1) is 11.3 Å². The molecule has 134 valence electrons. The first-order chi connectivity index (χ1) is 11.5. The van der Waals surface area contributed by atoms with Gasteiger partial charge in [-0.25, -0.2) is 13.4 Å². The summed E-state index contributed by atoms with van der Waals surface area (Å²) in [6, 6.07) is 4.08. The number of aliphatic hydroxyl groups excluding tert-OH is 1. The minimum Gasteiger partial charge on any atom is -0.393 e. The molecule has 3 heterocycles. The van der Waals surface area contributed by atoms with Crippen LogP contribution in [-0.4, -0.2) is 61.6 Å². The molecule has 0 aromatic carbocycles. The van der Waals surface area contributed by atoms with Crippen LogP contribution >= 0.6 is 11.3 Å². The van der Waals surface area contributed by atoms with Crippen LogP contribution in [-0.2, 0) is 16.4 Å². The van der Waals surface area contributed by atoms with Crippen molar-refractivity contribution >= 4 is 27.1 Å². The third-order valence-corrected chi connectivity index (χ3v) is 7.30. The van der Waals surface area contributed by atoms with E-state index < -0.39 is 9.84 Å². The van der Waals surface area contributed by atoms with E-state index in [9.17, 15) is 13.5 Å². The van der Waals surface area contributed by atoms with Crippen molar-refractivity contribution < 1.29 is 13.5 Å². The number of rotatable bonds is 4. The van der Waals surface area contributed by atoms with Crippen LogP contribution in [0.15, 0.2) is 22.5 Å². The van der Waals surface area contributed by atoms with E-state index in [1.165, 1.54) is 4.88 Å². The monoisotopic (exact) mass is 371 g/mol. The number of sulfone groups is 1. The van der Waals surface area contributed by atoms with Crippen LogP contribution < -0.4 is 5.32 Å². The number of piperidine rings is 1. The lowest BCUT2D eigenvalue weighted by Crippen LogP contribution is -2.47. The minimum atomic E-state index is -2.85. The maximum absolute atomic E-state index is 11.6. The lowest BCUT2D eigenvalue weighted by Gasteiger charge is -2.33. The molecule has 24 heavy (non-hydrogen) atoms. The number of nitrogens with one attached hydrogen (secondary N) is 1. The van der Waals surface area contributed by atoms with Crippen molar-refractivity contribution in [3.05, 3.63) is 22.4 Å². The molecular formula is C16H25N3O3S2. The molecule has 1 aromatic heterocycles. The predicted octanol–water partition coefficient (Wildman–Crippen LogP) is 1.09. The minimum absolute atomic E-state index is 0.164. The molecule has 0 aliphatic carbocycles. The van der Waals surface area contributed by atoms with E-state index in [1.807, 2.05) is 11.4 Å². The van der Waals surface area contributed by atoms with E-state index in [4.69, 9.17) is 4.99 Å². The number of guanidine groups is 1. The zero-order valence-corrected chi connectivity index (χ0v) is 15.4. The van der Waals surface area contributed by atoms with E-state index in [1.54, 1.807) is 11.3 Å². The molecule has 0 amide bonds. The Hall–Kier alpha value is -1.12. The third-order valence-electron chi connectivity index (χ3n) is 4.60. The van der Waals surface area contributed by atoms with Crippen LogP contribution in [0.4, 0.5) is 0 Å². The summed E-state index contributed by atoms with van der Waals surface area (Å²) >= 11 is 1.68. The highest BCUT2D eigenvalue weighted by Crippen LogP contribution is 2.18. The lowest BCUT2D eigenvalue weighted by molar-refractivity contribution is 0.108. The van der Waals surface area contributed by atoms with Gasteiger partial charge in [-0.2, -0.15) is 0 Å². The molecule has 0 saturated carbocycles. The smallest absolute Gasteiger partial charge is 0.194 e. The van der Waals surface area contributed by atoms with Crippen molar-refractivity contribution in [3.8, 4) is 0 Å². The number of thiophene rings is 1. The van der Waals surface area contributed by atoms with Gasteiger partial charge in [0, 0.05) is 24.5 Å². The summed E-state index contributed by atoms with van der Waals surface area (Å²) in [5.74, 6) is 1.57. The zero-order valence-electron chi connectivity index (χ0n) is 13.7. The summed E-state index contributed by atoms with van der Waals surface area (Å²) in [6.07, 6.45) is 2.00. The molecule has 2 aliphatic heterocycles. The van der Waals surface area contributed by atoms with Crippen LogP contribution in [0.25, 0.3) is 0 Å². The van der Waals surface area contributed by atoms with E-state index in [0.717, 1.165) is 38.3 Å². The molecule has 6 nitrogen and oxygen atoms in total. The summed E-state index contributed by atoms with van der Waals surface area (Å²) in [6.45, 7) is 2.82. The molecule has 8 heteroatoms. The summed E-state index contributed by atoms with van der Waals surface area (Å²) < 4.78 is 23.2. The van der Waals surface area contributed by atoms with Gasteiger partial charge in [-0.1, -0.05) is 6.07 Å². The largest absolute Gasteiger partial charge is 0.393 e. The average Bonchev–Trinajstić information content (AvgIpc) is 3.18. The van der Waals surface area contributed by atoms with Gasteiger partial charge in [0.25, 0.3) is 0 Å². The van der Waals surface area contributed by atoms with Gasteiger partial charge in [0.2, 0.25) is 0 Å². The Labute approximate surface area is 147 Å². The van der Waals surface area contributed by atoms with Crippen molar-refractivity contribution in [2.45, 2.75) is 31.9 Å². The molecule has 2 N–H and O–H groups in total. The van der Waals surface area contributed by atoms with Crippen LogP contribution in [0, 0.1) is 5.92 Å². The van der Waals surface area contributed by atoms with Crippen LogP contribution in [0.5, 0.6) is 0 Å². The van der Waals surface area contributed by atoms with Crippen molar-refractivity contribution in [3.63, 3.8) is 0 Å². The summed E-state index contributed by atoms with van der Waals surface area (Å²) in [4.78, 5) is 8.10. The molecule has 1 atom stereocenters. The highest BCUT2D eigenvalue weighted by atomic mass is 32.2. The Morgan fingerprint density at radius 1 is 1.38 bits per heavy atom. The van der Waals surface area contributed by atoms with Gasteiger partial charge in [0.15, 0.2) is 15.8 Å². The number of aliphatic hydroxyl groups is 1. The Bertz CT molecular complexity index is 650. The first-order valence-electron chi connectivity index (χ1n) is 8.46. The van der Waals surface area contributed by atoms with Crippen molar-refractivity contribution in [1.29, 1.82) is 0 Å². The number of hydrogen-bond donors (Lipinski definition) is 2. The fourth-order valence-electron chi connectivity index (χ4n) is 3.17. The standard InChI is InChI=1S/C16H25N3O3S2/c20-14-3-6-19(7-4-14)16(18-11-15-2-1-8-23-15)17-10-13-5-9-24(21,22)12-13/h1-2,8,13-14,20H,3-7,9-12H2,(H,17,18).